The molecule has 1 aromatic rings. The molecule has 1 fully saturated rings. The quantitative estimate of drug-likeness (QED) is 0.660. The van der Waals surface area contributed by atoms with Crippen LogP contribution in [0, 0.1) is 5.92 Å². The van der Waals surface area contributed by atoms with Gasteiger partial charge in [-0.15, -0.1) is 6.58 Å². The smallest absolute Gasteiger partial charge is 0.226 e. The van der Waals surface area contributed by atoms with E-state index in [1.165, 1.54) is 12.8 Å². The van der Waals surface area contributed by atoms with Gasteiger partial charge < -0.3 is 4.52 Å². The molecule has 1 saturated carbocycles. The summed E-state index contributed by atoms with van der Waals surface area (Å²) in [5.41, 5.74) is 0. The first-order valence-electron chi connectivity index (χ1n) is 5.96. The van der Waals surface area contributed by atoms with Crippen molar-refractivity contribution in [3.05, 3.63) is 36.5 Å². The molecule has 3 nitrogen and oxygen atoms in total. The van der Waals surface area contributed by atoms with Crippen LogP contribution in [0.15, 0.2) is 29.3 Å². The van der Waals surface area contributed by atoms with Crippen LogP contribution in [0.1, 0.15) is 37.4 Å². The van der Waals surface area contributed by atoms with E-state index in [9.17, 15) is 0 Å². The Morgan fingerprint density at radius 1 is 1.38 bits per heavy atom. The van der Waals surface area contributed by atoms with Gasteiger partial charge in [-0.2, -0.15) is 4.98 Å². The normalized spacial score (nSPS) is 15.8. The molecule has 3 heteroatoms. The Labute approximate surface area is 96.2 Å². The summed E-state index contributed by atoms with van der Waals surface area (Å²) in [6.45, 7) is 3.66. The molecule has 86 valence electrons. The number of hydrogen-bond donors (Lipinski definition) is 0. The maximum atomic E-state index is 5.18. The molecule has 0 radical (unpaired) electrons. The second-order valence-corrected chi connectivity index (χ2v) is 4.29. The highest BCUT2D eigenvalue weighted by atomic mass is 16.5. The number of rotatable bonds is 7. The summed E-state index contributed by atoms with van der Waals surface area (Å²) in [4.78, 5) is 4.38. The van der Waals surface area contributed by atoms with E-state index >= 15 is 0 Å². The summed E-state index contributed by atoms with van der Waals surface area (Å²) < 4.78 is 5.18. The maximum Gasteiger partial charge on any atom is 0.226 e. The van der Waals surface area contributed by atoms with Gasteiger partial charge in [0.15, 0.2) is 5.82 Å². The lowest BCUT2D eigenvalue weighted by Gasteiger charge is -1.88. The number of aryl methyl sites for hydroxylation is 1. The van der Waals surface area contributed by atoms with Crippen molar-refractivity contribution in [2.24, 2.45) is 5.92 Å². The van der Waals surface area contributed by atoms with Crippen LogP contribution in [0.4, 0.5) is 0 Å². The van der Waals surface area contributed by atoms with Crippen molar-refractivity contribution in [1.29, 1.82) is 0 Å². The fourth-order valence-corrected chi connectivity index (χ4v) is 1.57. The third kappa shape index (κ3) is 3.65. The third-order valence-corrected chi connectivity index (χ3v) is 2.67. The van der Waals surface area contributed by atoms with Crippen molar-refractivity contribution >= 4 is 0 Å². The zero-order chi connectivity index (χ0) is 11.2. The summed E-state index contributed by atoms with van der Waals surface area (Å²) in [5, 5.41) is 3.99. The predicted molar refractivity (Wildman–Crippen MR) is 63.0 cm³/mol. The van der Waals surface area contributed by atoms with Gasteiger partial charge in [-0.3, -0.25) is 0 Å². The first-order valence-corrected chi connectivity index (χ1v) is 5.96. The highest BCUT2D eigenvalue weighted by Crippen LogP contribution is 2.31. The molecule has 16 heavy (non-hydrogen) atoms. The van der Waals surface area contributed by atoms with Gasteiger partial charge in [0, 0.05) is 12.8 Å². The van der Waals surface area contributed by atoms with Crippen molar-refractivity contribution in [1.82, 2.24) is 10.1 Å². The molecule has 0 bridgehead atoms. The first-order chi connectivity index (χ1) is 7.88. The summed E-state index contributed by atoms with van der Waals surface area (Å²) >= 11 is 0. The standard InChI is InChI=1S/C13H18N2O/c1-2-3-4-5-6-7-13-14-12(15-16-13)10-11-8-9-11/h2,4-5,11H,1,3,6-10H2/b5-4+. The molecular weight excluding hydrogens is 200 g/mol. The van der Waals surface area contributed by atoms with E-state index in [2.05, 4.69) is 28.9 Å². The van der Waals surface area contributed by atoms with Crippen LogP contribution in [-0.4, -0.2) is 10.1 Å². The molecule has 0 saturated heterocycles. The zero-order valence-electron chi connectivity index (χ0n) is 9.56. The van der Waals surface area contributed by atoms with Crippen molar-refractivity contribution in [2.45, 2.75) is 38.5 Å². The van der Waals surface area contributed by atoms with Gasteiger partial charge in [0.1, 0.15) is 0 Å². The molecule has 0 N–H and O–H groups in total. The lowest BCUT2D eigenvalue weighted by atomic mass is 10.2. The molecule has 1 heterocycles. The Morgan fingerprint density at radius 2 is 2.25 bits per heavy atom. The van der Waals surface area contributed by atoms with Gasteiger partial charge >= 0.3 is 0 Å². The molecule has 0 unspecified atom stereocenters. The maximum absolute atomic E-state index is 5.18. The van der Waals surface area contributed by atoms with Crippen LogP contribution in [0.2, 0.25) is 0 Å². The highest BCUT2D eigenvalue weighted by Gasteiger charge is 2.23. The molecular formula is C13H18N2O. The summed E-state index contributed by atoms with van der Waals surface area (Å²) in [6.07, 6.45) is 12.5. The molecule has 0 spiro atoms. The second kappa shape index (κ2) is 5.64. The monoisotopic (exact) mass is 218 g/mol. The van der Waals surface area contributed by atoms with E-state index in [0.29, 0.717) is 0 Å². The van der Waals surface area contributed by atoms with Crippen molar-refractivity contribution < 1.29 is 4.52 Å². The predicted octanol–water partition coefficient (Wildman–Crippen LogP) is 3.09. The average molecular weight is 218 g/mol. The fraction of sp³-hybridized carbons (Fsp3) is 0.538. The Hall–Kier alpha value is -1.38. The van der Waals surface area contributed by atoms with Crippen LogP contribution < -0.4 is 0 Å². The average Bonchev–Trinajstić information content (AvgIpc) is 2.98. The van der Waals surface area contributed by atoms with E-state index in [4.69, 9.17) is 4.52 Å². The zero-order valence-corrected chi connectivity index (χ0v) is 9.56. The van der Waals surface area contributed by atoms with Crippen LogP contribution in [0.25, 0.3) is 0 Å². The number of nitrogens with zero attached hydrogens (tertiary/aromatic N) is 2. The lowest BCUT2D eigenvalue weighted by Crippen LogP contribution is -1.90. The van der Waals surface area contributed by atoms with Gasteiger partial charge in [-0.1, -0.05) is 23.4 Å². The van der Waals surface area contributed by atoms with Gasteiger partial charge in [0.05, 0.1) is 0 Å². The molecule has 0 atom stereocenters. The van der Waals surface area contributed by atoms with E-state index < -0.39 is 0 Å². The first kappa shape index (κ1) is 11.1. The number of allylic oxidation sites excluding steroid dienone is 3. The molecule has 1 aromatic heterocycles. The SMILES string of the molecule is C=CC/C=C/CCc1nc(CC2CC2)no1. The summed E-state index contributed by atoms with van der Waals surface area (Å²) in [6, 6.07) is 0. The van der Waals surface area contributed by atoms with E-state index in [0.717, 1.165) is 43.3 Å². The molecule has 1 aliphatic rings. The van der Waals surface area contributed by atoms with Crippen LogP contribution in [-0.2, 0) is 12.8 Å². The topological polar surface area (TPSA) is 38.9 Å². The molecule has 0 aliphatic heterocycles. The van der Waals surface area contributed by atoms with Gasteiger partial charge in [0.25, 0.3) is 0 Å². The molecule has 1 aliphatic carbocycles. The number of hydrogen-bond acceptors (Lipinski definition) is 3. The minimum absolute atomic E-state index is 0.763. The van der Waals surface area contributed by atoms with E-state index in [1.807, 2.05) is 6.08 Å². The second-order valence-electron chi connectivity index (χ2n) is 4.29. The van der Waals surface area contributed by atoms with E-state index in [-0.39, 0.29) is 0 Å². The van der Waals surface area contributed by atoms with Crippen LogP contribution in [0.3, 0.4) is 0 Å². The Kier molecular flexibility index (Phi) is 3.91. The Balaban J connectivity index is 1.71. The van der Waals surface area contributed by atoms with Gasteiger partial charge in [-0.05, 0) is 31.6 Å². The minimum atomic E-state index is 0.763. The molecule has 0 amide bonds. The van der Waals surface area contributed by atoms with Crippen molar-refractivity contribution in [3.8, 4) is 0 Å². The summed E-state index contributed by atoms with van der Waals surface area (Å²) in [7, 11) is 0. The van der Waals surface area contributed by atoms with Crippen LogP contribution in [0.5, 0.6) is 0 Å². The minimum Gasteiger partial charge on any atom is -0.339 e. The third-order valence-electron chi connectivity index (χ3n) is 2.67. The van der Waals surface area contributed by atoms with Gasteiger partial charge in [-0.25, -0.2) is 0 Å². The largest absolute Gasteiger partial charge is 0.339 e. The summed E-state index contributed by atoms with van der Waals surface area (Å²) in [5.74, 6) is 2.46. The van der Waals surface area contributed by atoms with E-state index in [1.54, 1.807) is 0 Å². The van der Waals surface area contributed by atoms with Crippen molar-refractivity contribution in [2.75, 3.05) is 0 Å². The molecule has 0 aromatic carbocycles. The fourth-order valence-electron chi connectivity index (χ4n) is 1.57. The van der Waals surface area contributed by atoms with Crippen molar-refractivity contribution in [3.63, 3.8) is 0 Å². The highest BCUT2D eigenvalue weighted by molar-refractivity contribution is 4.94. The van der Waals surface area contributed by atoms with Crippen LogP contribution >= 0.6 is 0 Å². The molecule has 2 rings (SSSR count). The van der Waals surface area contributed by atoms with Gasteiger partial charge in [0.2, 0.25) is 5.89 Å². The Bertz CT molecular complexity index is 364. The Morgan fingerprint density at radius 3 is 3.00 bits per heavy atom. The lowest BCUT2D eigenvalue weighted by molar-refractivity contribution is 0.373. The number of aromatic nitrogens is 2.